The van der Waals surface area contributed by atoms with Crippen LogP contribution in [-0.4, -0.2) is 41.9 Å². The number of hydrogen-bond donors (Lipinski definition) is 1. The minimum Gasteiger partial charge on any atom is -0.461 e. The van der Waals surface area contributed by atoms with Gasteiger partial charge in [0, 0.05) is 24.6 Å². The largest absolute Gasteiger partial charge is 0.461 e. The van der Waals surface area contributed by atoms with E-state index in [1.165, 1.54) is 7.05 Å². The highest BCUT2D eigenvalue weighted by Crippen LogP contribution is 2.43. The molecule has 0 aromatic heterocycles. The number of ether oxygens (including phenoxy) is 1. The molecule has 3 rings (SSSR count). The molecule has 24 heavy (non-hydrogen) atoms. The Labute approximate surface area is 145 Å². The lowest BCUT2D eigenvalue weighted by molar-refractivity contribution is -0.731. The monoisotopic (exact) mass is 351 g/mol. The lowest BCUT2D eigenvalue weighted by Crippen LogP contribution is -2.97. The fourth-order valence-corrected chi connectivity index (χ4v) is 4.00. The summed E-state index contributed by atoms with van der Waals surface area (Å²) in [4.78, 5) is 38.9. The van der Waals surface area contributed by atoms with Crippen LogP contribution in [0.4, 0.5) is 0 Å². The smallest absolute Gasteiger partial charge is 0.368 e. The van der Waals surface area contributed by atoms with Gasteiger partial charge in [-0.3, -0.25) is 14.5 Å². The number of imide groups is 1. The van der Waals surface area contributed by atoms with Gasteiger partial charge in [-0.25, -0.2) is 4.79 Å². The molecule has 128 valence electrons. The number of nitrogens with zero attached hydrogens (tertiary/aromatic N) is 1. The Kier molecular flexibility index (Phi) is 4.13. The minimum atomic E-state index is -1.12. The van der Waals surface area contributed by atoms with Gasteiger partial charge < -0.3 is 10.1 Å². The van der Waals surface area contributed by atoms with E-state index in [9.17, 15) is 14.4 Å². The summed E-state index contributed by atoms with van der Waals surface area (Å²) in [6.07, 6.45) is 0. The summed E-state index contributed by atoms with van der Waals surface area (Å²) in [6, 6.07) is 6.80. The minimum absolute atomic E-state index is 0.225. The topological polar surface area (TPSA) is 80.3 Å². The Morgan fingerprint density at radius 2 is 1.92 bits per heavy atom. The average Bonchev–Trinajstić information content (AvgIpc) is 2.99. The van der Waals surface area contributed by atoms with Crippen molar-refractivity contribution in [2.24, 2.45) is 11.8 Å². The van der Waals surface area contributed by atoms with Crippen LogP contribution in [0.1, 0.15) is 25.5 Å². The zero-order valence-electron chi connectivity index (χ0n) is 13.8. The number of carbonyl (C=O) groups is 3. The molecule has 0 aliphatic carbocycles. The van der Waals surface area contributed by atoms with E-state index < -0.39 is 23.3 Å². The molecule has 0 spiro atoms. The summed E-state index contributed by atoms with van der Waals surface area (Å²) in [5.74, 6) is -2.36. The summed E-state index contributed by atoms with van der Waals surface area (Å²) in [5, 5.41) is 2.39. The molecule has 1 aromatic carbocycles. The van der Waals surface area contributed by atoms with E-state index in [-0.39, 0.29) is 24.5 Å². The normalized spacial score (nSPS) is 32.2. The highest BCUT2D eigenvalue weighted by Gasteiger charge is 2.70. The lowest BCUT2D eigenvalue weighted by Gasteiger charge is -2.25. The van der Waals surface area contributed by atoms with Crippen LogP contribution in [-0.2, 0) is 19.1 Å². The van der Waals surface area contributed by atoms with E-state index in [1.54, 1.807) is 31.3 Å². The molecule has 2 saturated heterocycles. The van der Waals surface area contributed by atoms with Crippen LogP contribution < -0.4 is 5.32 Å². The molecule has 0 unspecified atom stereocenters. The van der Waals surface area contributed by atoms with Gasteiger partial charge in [-0.1, -0.05) is 23.7 Å². The van der Waals surface area contributed by atoms with Crippen molar-refractivity contribution in [1.82, 2.24) is 4.90 Å². The van der Waals surface area contributed by atoms with Crippen molar-refractivity contribution in [3.63, 3.8) is 0 Å². The number of amides is 2. The first kappa shape index (κ1) is 16.9. The number of esters is 1. The van der Waals surface area contributed by atoms with Crippen LogP contribution in [0.2, 0.25) is 5.02 Å². The molecular weight excluding hydrogens is 332 g/mol. The quantitative estimate of drug-likeness (QED) is 0.635. The standard InChI is InChI=1S/C17H19ClN2O4/c1-4-24-16(23)17(2)12-11(14(21)20(3)15(12)22)13(19-17)9-5-7-10(18)8-6-9/h5-8,11-13,19H,4H2,1-3H3/p+1/t11-,12+,13-,17+/m0/s1. The second kappa shape index (κ2) is 5.86. The number of quaternary nitrogens is 1. The average molecular weight is 352 g/mol. The highest BCUT2D eigenvalue weighted by atomic mass is 35.5. The number of likely N-dealkylation sites (tertiary alicyclic amines) is 1. The number of fused-ring (bicyclic) bond motifs is 1. The van der Waals surface area contributed by atoms with Crippen LogP contribution in [0, 0.1) is 11.8 Å². The van der Waals surface area contributed by atoms with E-state index in [0.29, 0.717) is 5.02 Å². The first-order valence-corrected chi connectivity index (χ1v) is 8.29. The van der Waals surface area contributed by atoms with Gasteiger partial charge in [-0.05, 0) is 19.1 Å². The summed E-state index contributed by atoms with van der Waals surface area (Å²) in [7, 11) is 1.47. The predicted octanol–water partition coefficient (Wildman–Crippen LogP) is 0.511. The van der Waals surface area contributed by atoms with Crippen molar-refractivity contribution in [3.05, 3.63) is 34.9 Å². The van der Waals surface area contributed by atoms with Gasteiger partial charge in [0.1, 0.15) is 17.9 Å². The van der Waals surface area contributed by atoms with Gasteiger partial charge in [0.25, 0.3) is 0 Å². The van der Waals surface area contributed by atoms with Crippen molar-refractivity contribution in [2.75, 3.05) is 13.7 Å². The fourth-order valence-electron chi connectivity index (χ4n) is 3.88. The molecule has 0 bridgehead atoms. The van der Waals surface area contributed by atoms with Crippen molar-refractivity contribution in [1.29, 1.82) is 0 Å². The summed E-state index contributed by atoms with van der Waals surface area (Å²) in [6.45, 7) is 3.63. The maximum absolute atomic E-state index is 12.6. The molecule has 6 nitrogen and oxygen atoms in total. The number of halogens is 1. The zero-order valence-corrected chi connectivity index (χ0v) is 14.5. The Morgan fingerprint density at radius 1 is 1.29 bits per heavy atom. The second-order valence-electron chi connectivity index (χ2n) is 6.49. The number of rotatable bonds is 3. The Hall–Kier alpha value is -1.92. The van der Waals surface area contributed by atoms with Gasteiger partial charge >= 0.3 is 5.97 Å². The van der Waals surface area contributed by atoms with E-state index >= 15 is 0 Å². The van der Waals surface area contributed by atoms with E-state index in [1.807, 2.05) is 12.1 Å². The molecule has 1 aromatic rings. The molecule has 4 atom stereocenters. The second-order valence-corrected chi connectivity index (χ2v) is 6.92. The third kappa shape index (κ3) is 2.32. The van der Waals surface area contributed by atoms with Gasteiger partial charge in [0.2, 0.25) is 17.4 Å². The Bertz CT molecular complexity index is 705. The molecule has 2 N–H and O–H groups in total. The van der Waals surface area contributed by atoms with Crippen molar-refractivity contribution < 1.29 is 24.4 Å². The molecule has 0 radical (unpaired) electrons. The van der Waals surface area contributed by atoms with Crippen LogP contribution in [0.25, 0.3) is 0 Å². The third-order valence-electron chi connectivity index (χ3n) is 5.10. The number of hydrogen-bond acceptors (Lipinski definition) is 4. The van der Waals surface area contributed by atoms with Crippen LogP contribution in [0.3, 0.4) is 0 Å². The molecule has 2 heterocycles. The zero-order chi connectivity index (χ0) is 17.6. The fraction of sp³-hybridized carbons (Fsp3) is 0.471. The first-order chi connectivity index (χ1) is 11.3. The number of benzene rings is 1. The van der Waals surface area contributed by atoms with Crippen molar-refractivity contribution in [3.8, 4) is 0 Å². The SMILES string of the molecule is CCOC(=O)[C@]1(C)[NH2+][C@@H](c2ccc(Cl)cc2)[C@H]2C(=O)N(C)C(=O)[C@@H]21. The van der Waals surface area contributed by atoms with E-state index in [0.717, 1.165) is 10.5 Å². The molecule has 2 amide bonds. The molecule has 2 fully saturated rings. The molecule has 2 aliphatic rings. The van der Waals surface area contributed by atoms with Crippen LogP contribution in [0.15, 0.2) is 24.3 Å². The van der Waals surface area contributed by atoms with Crippen LogP contribution >= 0.6 is 11.6 Å². The predicted molar refractivity (Wildman–Crippen MR) is 85.9 cm³/mol. The van der Waals surface area contributed by atoms with Gasteiger partial charge in [0.05, 0.1) is 6.61 Å². The molecular formula is C17H20ClN2O4+. The summed E-state index contributed by atoms with van der Waals surface area (Å²) < 4.78 is 5.19. The third-order valence-corrected chi connectivity index (χ3v) is 5.35. The van der Waals surface area contributed by atoms with Crippen molar-refractivity contribution in [2.45, 2.75) is 25.4 Å². The number of nitrogens with two attached hydrogens (primary N) is 1. The maximum atomic E-state index is 12.6. The summed E-state index contributed by atoms with van der Waals surface area (Å²) >= 11 is 5.94. The Balaban J connectivity index is 2.06. The molecule has 2 aliphatic heterocycles. The highest BCUT2D eigenvalue weighted by molar-refractivity contribution is 6.30. The first-order valence-electron chi connectivity index (χ1n) is 7.91. The van der Waals surface area contributed by atoms with Gasteiger partial charge in [0.15, 0.2) is 0 Å². The van der Waals surface area contributed by atoms with Gasteiger partial charge in [-0.2, -0.15) is 0 Å². The van der Waals surface area contributed by atoms with E-state index in [2.05, 4.69) is 0 Å². The summed E-state index contributed by atoms with van der Waals surface area (Å²) in [5.41, 5.74) is -0.262. The molecule has 7 heteroatoms. The van der Waals surface area contributed by atoms with Crippen molar-refractivity contribution >= 4 is 29.4 Å². The maximum Gasteiger partial charge on any atom is 0.368 e. The van der Waals surface area contributed by atoms with Crippen LogP contribution in [0.5, 0.6) is 0 Å². The van der Waals surface area contributed by atoms with Gasteiger partial charge in [-0.15, -0.1) is 0 Å². The number of carbonyl (C=O) groups excluding carboxylic acids is 3. The lowest BCUT2D eigenvalue weighted by atomic mass is 9.80. The molecule has 0 saturated carbocycles. The van der Waals surface area contributed by atoms with E-state index in [4.69, 9.17) is 16.3 Å². The Morgan fingerprint density at radius 3 is 2.50 bits per heavy atom.